The van der Waals surface area contributed by atoms with Gasteiger partial charge in [-0.05, 0) is 37.0 Å². The molecule has 1 N–H and O–H groups in total. The Morgan fingerprint density at radius 3 is 2.35 bits per heavy atom. The maximum atomic E-state index is 13.7. The lowest BCUT2D eigenvalue weighted by molar-refractivity contribution is -0.132. The number of rotatable bonds is 5. The lowest BCUT2D eigenvalue weighted by Gasteiger charge is -2.32. The van der Waals surface area contributed by atoms with Gasteiger partial charge >= 0.3 is 0 Å². The zero-order valence-electron chi connectivity index (χ0n) is 14.7. The summed E-state index contributed by atoms with van der Waals surface area (Å²) in [7, 11) is 0. The van der Waals surface area contributed by atoms with Crippen LogP contribution >= 0.6 is 0 Å². The smallest absolute Gasteiger partial charge is 0.254 e. The van der Waals surface area contributed by atoms with Gasteiger partial charge in [0.05, 0.1) is 5.56 Å². The molecule has 0 saturated carbocycles. The molecule has 0 unspecified atom stereocenters. The van der Waals surface area contributed by atoms with Gasteiger partial charge in [0.2, 0.25) is 5.91 Å². The lowest BCUT2D eigenvalue weighted by atomic mass is 10.0. The van der Waals surface area contributed by atoms with Crippen molar-refractivity contribution in [2.24, 2.45) is 0 Å². The highest BCUT2D eigenvalue weighted by atomic mass is 19.1. The first-order valence-corrected chi connectivity index (χ1v) is 9.00. The summed E-state index contributed by atoms with van der Waals surface area (Å²) in [5.74, 6) is -0.761. The fraction of sp³-hybridized carbons (Fsp3) is 0.333. The minimum absolute atomic E-state index is 0.0275. The van der Waals surface area contributed by atoms with Gasteiger partial charge in [0.1, 0.15) is 5.82 Å². The Balaban J connectivity index is 1.44. The van der Waals surface area contributed by atoms with E-state index in [2.05, 4.69) is 5.32 Å². The van der Waals surface area contributed by atoms with Crippen molar-refractivity contribution in [2.45, 2.75) is 31.7 Å². The third-order valence-corrected chi connectivity index (χ3v) is 4.77. The van der Waals surface area contributed by atoms with Crippen molar-refractivity contribution in [3.63, 3.8) is 0 Å². The van der Waals surface area contributed by atoms with Crippen LogP contribution in [-0.4, -0.2) is 35.8 Å². The number of hydrogen-bond acceptors (Lipinski definition) is 2. The Morgan fingerprint density at radius 2 is 1.65 bits per heavy atom. The minimum atomic E-state index is -0.515. The number of carbonyl (C=O) groups excluding carboxylic acids is 2. The van der Waals surface area contributed by atoms with Crippen LogP contribution < -0.4 is 5.32 Å². The first-order valence-electron chi connectivity index (χ1n) is 9.00. The van der Waals surface area contributed by atoms with Crippen LogP contribution in [0.4, 0.5) is 4.39 Å². The van der Waals surface area contributed by atoms with Crippen LogP contribution in [0.15, 0.2) is 54.6 Å². The second kappa shape index (κ2) is 8.61. The number of nitrogens with zero attached hydrogens (tertiary/aromatic N) is 1. The number of amides is 2. The summed E-state index contributed by atoms with van der Waals surface area (Å²) in [4.78, 5) is 26.4. The van der Waals surface area contributed by atoms with Crippen LogP contribution in [0.5, 0.6) is 0 Å². The van der Waals surface area contributed by atoms with E-state index in [4.69, 9.17) is 0 Å². The van der Waals surface area contributed by atoms with Gasteiger partial charge in [-0.1, -0.05) is 42.5 Å². The zero-order chi connectivity index (χ0) is 18.4. The predicted molar refractivity (Wildman–Crippen MR) is 98.2 cm³/mol. The number of benzene rings is 2. The van der Waals surface area contributed by atoms with E-state index in [9.17, 15) is 14.0 Å². The number of carbonyl (C=O) groups is 2. The predicted octanol–water partition coefficient (Wildman–Crippen LogP) is 3.18. The van der Waals surface area contributed by atoms with Gasteiger partial charge in [0.25, 0.3) is 5.91 Å². The molecule has 2 aromatic carbocycles. The summed E-state index contributed by atoms with van der Waals surface area (Å²) in [6, 6.07) is 15.9. The average Bonchev–Trinajstić information content (AvgIpc) is 2.68. The average molecular weight is 354 g/mol. The van der Waals surface area contributed by atoms with Crippen LogP contribution in [0.1, 0.15) is 35.2 Å². The summed E-state index contributed by atoms with van der Waals surface area (Å²) in [6.07, 6.45) is 2.62. The molecule has 4 nitrogen and oxygen atoms in total. The minimum Gasteiger partial charge on any atom is -0.349 e. The highest BCUT2D eigenvalue weighted by molar-refractivity contribution is 5.94. The molecule has 0 bridgehead atoms. The molecule has 0 atom stereocenters. The quantitative estimate of drug-likeness (QED) is 0.897. The Labute approximate surface area is 153 Å². The lowest BCUT2D eigenvalue weighted by Crippen LogP contribution is -2.46. The second-order valence-electron chi connectivity index (χ2n) is 6.59. The van der Waals surface area contributed by atoms with Crippen molar-refractivity contribution >= 4 is 11.8 Å². The molecule has 2 aromatic rings. The van der Waals surface area contributed by atoms with E-state index in [1.807, 2.05) is 35.2 Å². The fourth-order valence-corrected chi connectivity index (χ4v) is 3.24. The van der Waals surface area contributed by atoms with Gasteiger partial charge in [-0.25, -0.2) is 4.39 Å². The van der Waals surface area contributed by atoms with Crippen LogP contribution in [0.25, 0.3) is 0 Å². The maximum Gasteiger partial charge on any atom is 0.254 e. The van der Waals surface area contributed by atoms with Gasteiger partial charge in [-0.2, -0.15) is 0 Å². The molecule has 136 valence electrons. The third-order valence-electron chi connectivity index (χ3n) is 4.77. The molecule has 1 aliphatic rings. The van der Waals surface area contributed by atoms with Crippen molar-refractivity contribution in [1.29, 1.82) is 0 Å². The van der Waals surface area contributed by atoms with Gasteiger partial charge in [-0.15, -0.1) is 0 Å². The standard InChI is InChI=1S/C21H23FN2O2/c22-19-9-5-4-8-18(19)21(26)23-17-12-14-24(15-13-17)20(25)11-10-16-6-2-1-3-7-16/h1-9,17H,10-15H2,(H,23,26). The highest BCUT2D eigenvalue weighted by Gasteiger charge is 2.24. The van der Waals surface area contributed by atoms with Crippen LogP contribution in [0, 0.1) is 5.82 Å². The SMILES string of the molecule is O=C(NC1CCN(C(=O)CCc2ccccc2)CC1)c1ccccc1F. The normalized spacial score (nSPS) is 14.9. The van der Waals surface area contributed by atoms with Crippen molar-refractivity contribution in [2.75, 3.05) is 13.1 Å². The summed E-state index contributed by atoms with van der Waals surface area (Å²) >= 11 is 0. The highest BCUT2D eigenvalue weighted by Crippen LogP contribution is 2.14. The number of piperidine rings is 1. The van der Waals surface area contributed by atoms with E-state index in [0.29, 0.717) is 32.4 Å². The first kappa shape index (κ1) is 18.1. The number of nitrogens with one attached hydrogen (secondary N) is 1. The Hall–Kier alpha value is -2.69. The fourth-order valence-electron chi connectivity index (χ4n) is 3.24. The van der Waals surface area contributed by atoms with Crippen LogP contribution in [-0.2, 0) is 11.2 Å². The Kier molecular flexibility index (Phi) is 6.00. The molecular weight excluding hydrogens is 331 g/mol. The molecule has 0 aliphatic carbocycles. The first-order chi connectivity index (χ1) is 12.6. The molecule has 5 heteroatoms. The van der Waals surface area contributed by atoms with Crippen LogP contribution in [0.2, 0.25) is 0 Å². The summed E-state index contributed by atoms with van der Waals surface area (Å²) < 4.78 is 13.7. The zero-order valence-corrected chi connectivity index (χ0v) is 14.7. The summed E-state index contributed by atoms with van der Waals surface area (Å²) in [5, 5.41) is 2.88. The van der Waals surface area contributed by atoms with E-state index >= 15 is 0 Å². The van der Waals surface area contributed by atoms with Gasteiger partial charge in [-0.3, -0.25) is 9.59 Å². The number of likely N-dealkylation sites (tertiary alicyclic amines) is 1. The van der Waals surface area contributed by atoms with Crippen LogP contribution in [0.3, 0.4) is 0 Å². The number of hydrogen-bond donors (Lipinski definition) is 1. The van der Waals surface area contributed by atoms with Gasteiger partial charge < -0.3 is 10.2 Å². The van der Waals surface area contributed by atoms with Gasteiger partial charge in [0.15, 0.2) is 0 Å². The molecule has 1 saturated heterocycles. The van der Waals surface area contributed by atoms with Gasteiger partial charge in [0, 0.05) is 25.6 Å². The Bertz CT molecular complexity index is 756. The third kappa shape index (κ3) is 4.69. The van der Waals surface area contributed by atoms with Crippen molar-refractivity contribution < 1.29 is 14.0 Å². The van der Waals surface area contributed by atoms with E-state index in [0.717, 1.165) is 12.0 Å². The Morgan fingerprint density at radius 1 is 1.00 bits per heavy atom. The molecule has 1 aliphatic heterocycles. The molecule has 1 fully saturated rings. The second-order valence-corrected chi connectivity index (χ2v) is 6.59. The van der Waals surface area contributed by atoms with Crippen molar-refractivity contribution in [3.05, 3.63) is 71.5 Å². The van der Waals surface area contributed by atoms with Crippen molar-refractivity contribution in [3.8, 4) is 0 Å². The van der Waals surface area contributed by atoms with E-state index in [1.54, 1.807) is 12.1 Å². The summed E-state index contributed by atoms with van der Waals surface area (Å²) in [5.41, 5.74) is 1.22. The van der Waals surface area contributed by atoms with E-state index in [-0.39, 0.29) is 17.5 Å². The largest absolute Gasteiger partial charge is 0.349 e. The molecule has 0 radical (unpaired) electrons. The topological polar surface area (TPSA) is 49.4 Å². The molecule has 3 rings (SSSR count). The molecule has 0 spiro atoms. The maximum absolute atomic E-state index is 13.7. The summed E-state index contributed by atoms with van der Waals surface area (Å²) in [6.45, 7) is 1.24. The number of halogens is 1. The molecule has 1 heterocycles. The van der Waals surface area contributed by atoms with E-state index in [1.165, 1.54) is 12.1 Å². The number of aryl methyl sites for hydroxylation is 1. The van der Waals surface area contributed by atoms with Crippen molar-refractivity contribution in [1.82, 2.24) is 10.2 Å². The van der Waals surface area contributed by atoms with E-state index < -0.39 is 11.7 Å². The molecular formula is C21H23FN2O2. The molecule has 2 amide bonds. The molecule has 26 heavy (non-hydrogen) atoms. The molecule has 0 aromatic heterocycles. The monoisotopic (exact) mass is 354 g/mol.